The van der Waals surface area contributed by atoms with Crippen molar-refractivity contribution in [2.45, 2.75) is 11.3 Å². The van der Waals surface area contributed by atoms with Crippen LogP contribution in [-0.4, -0.2) is 47.0 Å². The van der Waals surface area contributed by atoms with Crippen LogP contribution < -0.4 is 10.1 Å². The van der Waals surface area contributed by atoms with Gasteiger partial charge in [-0.2, -0.15) is 0 Å². The Morgan fingerprint density at radius 1 is 1.42 bits per heavy atom. The minimum absolute atomic E-state index is 0.257. The minimum Gasteiger partial charge on any atom is -0.496 e. The van der Waals surface area contributed by atoms with Crippen LogP contribution in [0.5, 0.6) is 5.75 Å². The van der Waals surface area contributed by atoms with Crippen LogP contribution in [-0.2, 0) is 10.0 Å². The second-order valence-electron chi connectivity index (χ2n) is 4.08. The summed E-state index contributed by atoms with van der Waals surface area (Å²) in [5, 5.41) is 2.99. The Bertz CT molecular complexity index is 520. The molecule has 1 rings (SSSR count). The molecule has 0 bridgehead atoms. The van der Waals surface area contributed by atoms with Crippen LogP contribution in [0.1, 0.15) is 6.42 Å². The van der Waals surface area contributed by atoms with Crippen molar-refractivity contribution in [3.8, 4) is 5.75 Å². The average molecular weight is 351 g/mol. The molecule has 19 heavy (non-hydrogen) atoms. The number of hydrogen-bond acceptors (Lipinski definition) is 4. The Hall–Kier alpha value is -0.630. The van der Waals surface area contributed by atoms with Gasteiger partial charge in [0, 0.05) is 13.6 Å². The van der Waals surface area contributed by atoms with E-state index in [1.54, 1.807) is 25.2 Å². The van der Waals surface area contributed by atoms with Crippen LogP contribution in [0.4, 0.5) is 0 Å². The number of nitrogens with one attached hydrogen (secondary N) is 1. The number of halogens is 1. The third kappa shape index (κ3) is 4.17. The second-order valence-corrected chi connectivity index (χ2v) is 6.98. The monoisotopic (exact) mass is 350 g/mol. The molecule has 0 saturated carbocycles. The van der Waals surface area contributed by atoms with Crippen molar-refractivity contribution in [3.63, 3.8) is 0 Å². The molecule has 0 aliphatic rings. The van der Waals surface area contributed by atoms with E-state index in [1.807, 2.05) is 7.05 Å². The van der Waals surface area contributed by atoms with Gasteiger partial charge in [-0.05, 0) is 54.1 Å². The van der Waals surface area contributed by atoms with Crippen molar-refractivity contribution >= 4 is 26.0 Å². The van der Waals surface area contributed by atoms with Crippen molar-refractivity contribution in [1.29, 1.82) is 0 Å². The first-order chi connectivity index (χ1) is 8.93. The maximum atomic E-state index is 12.3. The molecule has 0 spiro atoms. The molecule has 0 heterocycles. The highest BCUT2D eigenvalue weighted by Gasteiger charge is 2.21. The topological polar surface area (TPSA) is 58.6 Å². The fourth-order valence-electron chi connectivity index (χ4n) is 1.59. The van der Waals surface area contributed by atoms with E-state index < -0.39 is 10.0 Å². The van der Waals surface area contributed by atoms with Gasteiger partial charge < -0.3 is 10.1 Å². The van der Waals surface area contributed by atoms with Crippen molar-refractivity contribution in [3.05, 3.63) is 22.7 Å². The summed E-state index contributed by atoms with van der Waals surface area (Å²) in [6.45, 7) is 1.26. The maximum Gasteiger partial charge on any atom is 0.242 e. The highest BCUT2D eigenvalue weighted by Crippen LogP contribution is 2.28. The van der Waals surface area contributed by atoms with Crippen molar-refractivity contribution in [1.82, 2.24) is 9.62 Å². The predicted molar refractivity (Wildman–Crippen MR) is 79.1 cm³/mol. The normalized spacial score (nSPS) is 11.8. The van der Waals surface area contributed by atoms with Gasteiger partial charge in [0.05, 0.1) is 16.5 Å². The molecule has 0 unspecified atom stereocenters. The fraction of sp³-hybridized carbons (Fsp3) is 0.500. The molecule has 0 aliphatic heterocycles. The van der Waals surface area contributed by atoms with E-state index in [-0.39, 0.29) is 4.90 Å². The lowest BCUT2D eigenvalue weighted by molar-refractivity contribution is 0.411. The Balaban J connectivity index is 2.90. The number of methoxy groups -OCH3 is 1. The Kier molecular flexibility index (Phi) is 6.25. The fourth-order valence-corrected chi connectivity index (χ4v) is 3.51. The number of hydrogen-bond donors (Lipinski definition) is 1. The SMILES string of the molecule is CNCCCN(C)S(=O)(=O)c1ccc(OC)c(Br)c1. The largest absolute Gasteiger partial charge is 0.496 e. The molecule has 5 nitrogen and oxygen atoms in total. The quantitative estimate of drug-likeness (QED) is 0.760. The van der Waals surface area contributed by atoms with Crippen LogP contribution in [0, 0.1) is 0 Å². The molecule has 7 heteroatoms. The Morgan fingerprint density at radius 2 is 2.11 bits per heavy atom. The third-order valence-electron chi connectivity index (χ3n) is 2.73. The zero-order chi connectivity index (χ0) is 14.5. The van der Waals surface area contributed by atoms with Gasteiger partial charge in [-0.25, -0.2) is 12.7 Å². The number of ether oxygens (including phenoxy) is 1. The van der Waals surface area contributed by atoms with Crippen LogP contribution in [0.15, 0.2) is 27.6 Å². The summed E-state index contributed by atoms with van der Waals surface area (Å²) in [5.41, 5.74) is 0. The molecule has 0 atom stereocenters. The van der Waals surface area contributed by atoms with Gasteiger partial charge in [-0.3, -0.25) is 0 Å². The third-order valence-corrected chi connectivity index (χ3v) is 5.20. The maximum absolute atomic E-state index is 12.3. The van der Waals surface area contributed by atoms with E-state index >= 15 is 0 Å². The first kappa shape index (κ1) is 16.4. The molecule has 0 aromatic heterocycles. The lowest BCUT2D eigenvalue weighted by Gasteiger charge is -2.17. The summed E-state index contributed by atoms with van der Waals surface area (Å²) >= 11 is 3.29. The number of sulfonamides is 1. The van der Waals surface area contributed by atoms with Gasteiger partial charge in [0.2, 0.25) is 10.0 Å². The lowest BCUT2D eigenvalue weighted by Crippen LogP contribution is -2.29. The Morgan fingerprint density at radius 3 is 2.63 bits per heavy atom. The van der Waals surface area contributed by atoms with Gasteiger partial charge >= 0.3 is 0 Å². The minimum atomic E-state index is -3.45. The van der Waals surface area contributed by atoms with Gasteiger partial charge in [-0.15, -0.1) is 0 Å². The van der Waals surface area contributed by atoms with Gasteiger partial charge in [0.1, 0.15) is 5.75 Å². The average Bonchev–Trinajstić information content (AvgIpc) is 2.38. The number of nitrogens with zero attached hydrogens (tertiary/aromatic N) is 1. The van der Waals surface area contributed by atoms with E-state index in [0.717, 1.165) is 13.0 Å². The zero-order valence-corrected chi connectivity index (χ0v) is 13.7. The molecule has 1 aromatic rings. The molecule has 0 radical (unpaired) electrons. The van der Waals surface area contributed by atoms with E-state index in [2.05, 4.69) is 21.2 Å². The molecular formula is C12H19BrN2O3S. The van der Waals surface area contributed by atoms with Crippen molar-refractivity contribution in [2.75, 3.05) is 34.3 Å². The van der Waals surface area contributed by atoms with E-state index in [1.165, 1.54) is 11.4 Å². The second kappa shape index (κ2) is 7.23. The van der Waals surface area contributed by atoms with Crippen LogP contribution in [0.3, 0.4) is 0 Å². The van der Waals surface area contributed by atoms with Gasteiger partial charge in [0.15, 0.2) is 0 Å². The molecule has 1 aromatic carbocycles. The number of rotatable bonds is 7. The summed E-state index contributed by atoms with van der Waals surface area (Å²) < 4.78 is 31.7. The zero-order valence-electron chi connectivity index (χ0n) is 11.3. The van der Waals surface area contributed by atoms with E-state index in [9.17, 15) is 8.42 Å². The van der Waals surface area contributed by atoms with Gasteiger partial charge in [0.25, 0.3) is 0 Å². The van der Waals surface area contributed by atoms with Crippen molar-refractivity contribution < 1.29 is 13.2 Å². The van der Waals surface area contributed by atoms with Crippen LogP contribution >= 0.6 is 15.9 Å². The summed E-state index contributed by atoms with van der Waals surface area (Å²) in [7, 11) is 1.52. The van der Waals surface area contributed by atoms with Crippen LogP contribution in [0.25, 0.3) is 0 Å². The highest BCUT2D eigenvalue weighted by atomic mass is 79.9. The lowest BCUT2D eigenvalue weighted by atomic mass is 10.3. The molecule has 0 saturated heterocycles. The summed E-state index contributed by atoms with van der Waals surface area (Å²) in [4.78, 5) is 0.257. The first-order valence-electron chi connectivity index (χ1n) is 5.88. The van der Waals surface area contributed by atoms with Crippen molar-refractivity contribution in [2.24, 2.45) is 0 Å². The molecule has 1 N–H and O–H groups in total. The highest BCUT2D eigenvalue weighted by molar-refractivity contribution is 9.10. The summed E-state index contributed by atoms with van der Waals surface area (Å²) in [5.74, 6) is 0.608. The molecule has 0 aliphatic carbocycles. The van der Waals surface area contributed by atoms with E-state index in [4.69, 9.17) is 4.74 Å². The number of benzene rings is 1. The van der Waals surface area contributed by atoms with Crippen LogP contribution in [0.2, 0.25) is 0 Å². The predicted octanol–water partition coefficient (Wildman–Crippen LogP) is 1.69. The Labute approximate surface area is 123 Å². The molecule has 0 amide bonds. The first-order valence-corrected chi connectivity index (χ1v) is 8.11. The van der Waals surface area contributed by atoms with Gasteiger partial charge in [-0.1, -0.05) is 0 Å². The smallest absolute Gasteiger partial charge is 0.242 e. The molecule has 108 valence electrons. The summed E-state index contributed by atoms with van der Waals surface area (Å²) in [6.07, 6.45) is 0.767. The molecular weight excluding hydrogens is 332 g/mol. The molecule has 0 fully saturated rings. The van der Waals surface area contributed by atoms with E-state index in [0.29, 0.717) is 16.8 Å². The summed E-state index contributed by atoms with van der Waals surface area (Å²) in [6, 6.07) is 4.74. The standard InChI is InChI=1S/C12H19BrN2O3S/c1-14-7-4-8-15(2)19(16,17)10-5-6-12(18-3)11(13)9-10/h5-6,9,14H,4,7-8H2,1-3H3.